The summed E-state index contributed by atoms with van der Waals surface area (Å²) in [6, 6.07) is -4.28. The second-order valence-electron chi connectivity index (χ2n) is 8.37. The molecular weight excluding hydrogens is 424 g/mol. The molecule has 0 aromatic heterocycles. The van der Waals surface area contributed by atoms with Gasteiger partial charge in [0.25, 0.3) is 0 Å². The van der Waals surface area contributed by atoms with E-state index in [-0.39, 0.29) is 18.3 Å². The molecule has 0 fully saturated rings. The average Bonchev–Trinajstić information content (AvgIpc) is 2.66. The van der Waals surface area contributed by atoms with Crippen LogP contribution in [0.15, 0.2) is 0 Å². The molecule has 11 heteroatoms. The molecule has 31 heavy (non-hydrogen) atoms. The van der Waals surface area contributed by atoms with Crippen LogP contribution in [0, 0.1) is 11.8 Å². The second-order valence-corrected chi connectivity index (χ2v) is 9.35. The summed E-state index contributed by atoms with van der Waals surface area (Å²) in [5.74, 6) is -2.72. The SMILES string of the molecule is CSCCC(NC(=O)C(N)C(C)C)C(=O)NC(C(=O)NC(CC(C)C)C(=O)O)C(C)O. The van der Waals surface area contributed by atoms with Gasteiger partial charge >= 0.3 is 5.97 Å². The summed E-state index contributed by atoms with van der Waals surface area (Å²) in [5, 5.41) is 26.8. The first-order valence-electron chi connectivity index (χ1n) is 10.4. The van der Waals surface area contributed by atoms with Gasteiger partial charge in [-0.15, -0.1) is 0 Å². The highest BCUT2D eigenvalue weighted by Crippen LogP contribution is 2.08. The molecule has 10 nitrogen and oxygen atoms in total. The van der Waals surface area contributed by atoms with Crippen LogP contribution in [-0.2, 0) is 19.2 Å². The Labute approximate surface area is 188 Å². The van der Waals surface area contributed by atoms with Gasteiger partial charge in [-0.3, -0.25) is 14.4 Å². The van der Waals surface area contributed by atoms with Crippen molar-refractivity contribution in [3.63, 3.8) is 0 Å². The minimum Gasteiger partial charge on any atom is -0.480 e. The van der Waals surface area contributed by atoms with Crippen LogP contribution < -0.4 is 21.7 Å². The molecule has 0 aliphatic carbocycles. The number of nitrogens with two attached hydrogens (primary N) is 1. The zero-order chi connectivity index (χ0) is 24.3. The number of carbonyl (C=O) groups excluding carboxylic acids is 3. The van der Waals surface area contributed by atoms with E-state index in [9.17, 15) is 29.4 Å². The van der Waals surface area contributed by atoms with Crippen molar-refractivity contribution < 1.29 is 29.4 Å². The molecule has 7 N–H and O–H groups in total. The maximum absolute atomic E-state index is 12.8. The maximum Gasteiger partial charge on any atom is 0.326 e. The Morgan fingerprint density at radius 2 is 1.45 bits per heavy atom. The standard InChI is InChI=1S/C20H38N4O6S/c1-10(2)9-14(20(29)30)23-19(28)16(12(5)25)24-17(26)13(7-8-31-6)22-18(27)15(21)11(3)4/h10-16,25H,7-9,21H2,1-6H3,(H,22,27)(H,23,28)(H,24,26)(H,29,30). The summed E-state index contributed by atoms with van der Waals surface area (Å²) in [4.78, 5) is 49.2. The molecule has 0 heterocycles. The predicted octanol–water partition coefficient (Wildman–Crippen LogP) is -0.311. The van der Waals surface area contributed by atoms with Gasteiger partial charge in [0.15, 0.2) is 0 Å². The number of rotatable bonds is 14. The minimum absolute atomic E-state index is 0.0114. The summed E-state index contributed by atoms with van der Waals surface area (Å²) in [7, 11) is 0. The lowest BCUT2D eigenvalue weighted by Crippen LogP contribution is -2.60. The van der Waals surface area contributed by atoms with E-state index < -0.39 is 54.0 Å². The monoisotopic (exact) mass is 462 g/mol. The predicted molar refractivity (Wildman–Crippen MR) is 120 cm³/mol. The largest absolute Gasteiger partial charge is 0.480 e. The number of amides is 3. The van der Waals surface area contributed by atoms with E-state index in [2.05, 4.69) is 16.0 Å². The van der Waals surface area contributed by atoms with Gasteiger partial charge in [-0.2, -0.15) is 11.8 Å². The van der Waals surface area contributed by atoms with E-state index in [1.807, 2.05) is 20.1 Å². The zero-order valence-electron chi connectivity index (χ0n) is 19.2. The van der Waals surface area contributed by atoms with Gasteiger partial charge in [0.05, 0.1) is 12.1 Å². The highest BCUT2D eigenvalue weighted by Gasteiger charge is 2.33. The number of carbonyl (C=O) groups is 4. The first-order valence-corrected chi connectivity index (χ1v) is 11.8. The number of thioether (sulfide) groups is 1. The molecule has 0 radical (unpaired) electrons. The number of nitrogens with one attached hydrogen (secondary N) is 3. The summed E-state index contributed by atoms with van der Waals surface area (Å²) < 4.78 is 0. The number of hydrogen-bond donors (Lipinski definition) is 6. The Kier molecular flexibility index (Phi) is 13.4. The first-order chi connectivity index (χ1) is 14.3. The van der Waals surface area contributed by atoms with Crippen molar-refractivity contribution in [2.24, 2.45) is 17.6 Å². The molecule has 0 bridgehead atoms. The molecule has 0 spiro atoms. The van der Waals surface area contributed by atoms with Crippen LogP contribution in [0.4, 0.5) is 0 Å². The fraction of sp³-hybridized carbons (Fsp3) is 0.800. The van der Waals surface area contributed by atoms with Crippen LogP contribution in [0.3, 0.4) is 0 Å². The summed E-state index contributed by atoms with van der Waals surface area (Å²) in [5.41, 5.74) is 5.85. The van der Waals surface area contributed by atoms with Crippen LogP contribution in [0.1, 0.15) is 47.5 Å². The summed E-state index contributed by atoms with van der Waals surface area (Å²) in [6.07, 6.45) is 1.06. The second kappa shape index (κ2) is 14.3. The van der Waals surface area contributed by atoms with Crippen molar-refractivity contribution in [1.82, 2.24) is 16.0 Å². The molecule has 5 unspecified atom stereocenters. The quantitative estimate of drug-likeness (QED) is 0.204. The fourth-order valence-corrected chi connectivity index (χ4v) is 3.16. The topological polar surface area (TPSA) is 171 Å². The number of aliphatic hydroxyl groups excluding tert-OH is 1. The van der Waals surface area contributed by atoms with Crippen LogP contribution in [0.2, 0.25) is 0 Å². The fourth-order valence-electron chi connectivity index (χ4n) is 2.69. The molecule has 5 atom stereocenters. The van der Waals surface area contributed by atoms with Gasteiger partial charge in [0, 0.05) is 0 Å². The highest BCUT2D eigenvalue weighted by molar-refractivity contribution is 7.98. The van der Waals surface area contributed by atoms with Gasteiger partial charge in [0.1, 0.15) is 18.1 Å². The van der Waals surface area contributed by atoms with Gasteiger partial charge in [-0.05, 0) is 43.6 Å². The van der Waals surface area contributed by atoms with E-state index in [1.54, 1.807) is 13.8 Å². The van der Waals surface area contributed by atoms with Crippen molar-refractivity contribution >= 4 is 35.5 Å². The number of carboxylic acids is 1. The van der Waals surface area contributed by atoms with E-state index >= 15 is 0 Å². The Morgan fingerprint density at radius 1 is 0.903 bits per heavy atom. The average molecular weight is 463 g/mol. The van der Waals surface area contributed by atoms with Crippen molar-refractivity contribution in [3.05, 3.63) is 0 Å². The van der Waals surface area contributed by atoms with Gasteiger partial charge in [-0.25, -0.2) is 4.79 Å². The molecule has 0 saturated heterocycles. The Hall–Kier alpha value is -1.85. The van der Waals surface area contributed by atoms with Crippen LogP contribution in [0.25, 0.3) is 0 Å². The number of carboxylic acid groups (broad SMARTS) is 1. The molecular formula is C20H38N4O6S. The van der Waals surface area contributed by atoms with E-state index in [1.165, 1.54) is 18.7 Å². The molecule has 0 aliphatic heterocycles. The summed E-state index contributed by atoms with van der Waals surface area (Å²) >= 11 is 1.48. The normalized spacial score (nSPS) is 16.2. The molecule has 0 rings (SSSR count). The summed E-state index contributed by atoms with van der Waals surface area (Å²) in [6.45, 7) is 8.51. The Morgan fingerprint density at radius 3 is 1.87 bits per heavy atom. The lowest BCUT2D eigenvalue weighted by atomic mass is 10.0. The van der Waals surface area contributed by atoms with E-state index in [4.69, 9.17) is 5.73 Å². The lowest BCUT2D eigenvalue weighted by Gasteiger charge is -2.27. The number of hydrogen-bond acceptors (Lipinski definition) is 7. The van der Waals surface area contributed by atoms with Crippen molar-refractivity contribution in [2.45, 2.75) is 77.7 Å². The number of aliphatic hydroxyl groups is 1. The van der Waals surface area contributed by atoms with Crippen molar-refractivity contribution in [3.8, 4) is 0 Å². The molecule has 0 aromatic carbocycles. The highest BCUT2D eigenvalue weighted by atomic mass is 32.2. The van der Waals surface area contributed by atoms with Gasteiger partial charge in [0.2, 0.25) is 17.7 Å². The molecule has 3 amide bonds. The van der Waals surface area contributed by atoms with Gasteiger partial charge in [-0.1, -0.05) is 27.7 Å². The molecule has 180 valence electrons. The molecule has 0 aromatic rings. The van der Waals surface area contributed by atoms with Gasteiger partial charge < -0.3 is 31.9 Å². The molecule has 0 aliphatic rings. The lowest BCUT2D eigenvalue weighted by molar-refractivity contribution is -0.143. The minimum atomic E-state index is -1.38. The third kappa shape index (κ3) is 10.8. The van der Waals surface area contributed by atoms with Crippen LogP contribution >= 0.6 is 11.8 Å². The third-order valence-corrected chi connectivity index (χ3v) is 5.29. The van der Waals surface area contributed by atoms with Crippen LogP contribution in [0.5, 0.6) is 0 Å². The Bertz CT molecular complexity index is 614. The van der Waals surface area contributed by atoms with Crippen LogP contribution in [-0.4, -0.2) is 76.2 Å². The third-order valence-electron chi connectivity index (χ3n) is 4.65. The van der Waals surface area contributed by atoms with Crippen molar-refractivity contribution in [2.75, 3.05) is 12.0 Å². The van der Waals surface area contributed by atoms with Crippen molar-refractivity contribution in [1.29, 1.82) is 0 Å². The number of aliphatic carboxylic acids is 1. The van der Waals surface area contributed by atoms with E-state index in [0.717, 1.165) is 0 Å². The first kappa shape index (κ1) is 29.1. The smallest absolute Gasteiger partial charge is 0.326 e. The maximum atomic E-state index is 12.8. The van der Waals surface area contributed by atoms with E-state index in [0.29, 0.717) is 12.2 Å². The Balaban J connectivity index is 5.38. The molecule has 0 saturated carbocycles. The zero-order valence-corrected chi connectivity index (χ0v) is 20.0.